The van der Waals surface area contributed by atoms with Gasteiger partial charge >= 0.3 is 0 Å². The second-order valence-corrected chi connectivity index (χ2v) is 6.49. The molecule has 3 rings (SSSR count). The van der Waals surface area contributed by atoms with Crippen LogP contribution in [0.15, 0.2) is 59.8 Å². The smallest absolute Gasteiger partial charge is 0.265 e. The first-order chi connectivity index (χ1) is 14.1. The average molecular weight is 413 g/mol. The maximum absolute atomic E-state index is 12.1. The lowest BCUT2D eigenvalue weighted by Crippen LogP contribution is -2.16. The average Bonchev–Trinajstić information content (AvgIpc) is 2.73. The van der Waals surface area contributed by atoms with Crippen LogP contribution >= 0.6 is 11.6 Å². The first-order valence-corrected chi connectivity index (χ1v) is 9.43. The van der Waals surface area contributed by atoms with Crippen LogP contribution in [0.5, 0.6) is 11.5 Å². The molecule has 3 aromatic carbocycles. The number of oxime groups is 1. The molecule has 0 atom stereocenters. The van der Waals surface area contributed by atoms with E-state index in [-0.39, 0.29) is 12.5 Å². The van der Waals surface area contributed by atoms with Gasteiger partial charge in [-0.15, -0.1) is 0 Å². The van der Waals surface area contributed by atoms with E-state index >= 15 is 0 Å². The Labute approximate surface area is 174 Å². The van der Waals surface area contributed by atoms with E-state index in [2.05, 4.69) is 10.5 Å². The number of hydrogen-bond acceptors (Lipinski definition) is 5. The van der Waals surface area contributed by atoms with Crippen LogP contribution in [0.1, 0.15) is 12.5 Å². The monoisotopic (exact) mass is 412 g/mol. The van der Waals surface area contributed by atoms with E-state index < -0.39 is 0 Å². The first kappa shape index (κ1) is 20.5. The van der Waals surface area contributed by atoms with E-state index in [1.165, 1.54) is 13.3 Å². The van der Waals surface area contributed by atoms with Gasteiger partial charge in [0, 0.05) is 11.3 Å². The van der Waals surface area contributed by atoms with Crippen LogP contribution < -0.4 is 14.8 Å². The minimum Gasteiger partial charge on any atom is -0.493 e. The lowest BCUT2D eigenvalue weighted by Gasteiger charge is -2.11. The highest BCUT2D eigenvalue weighted by Crippen LogP contribution is 2.36. The molecule has 1 amide bonds. The van der Waals surface area contributed by atoms with Crippen molar-refractivity contribution in [3.8, 4) is 11.5 Å². The van der Waals surface area contributed by atoms with Gasteiger partial charge in [0.25, 0.3) is 5.91 Å². The molecule has 0 saturated heterocycles. The molecule has 0 spiro atoms. The van der Waals surface area contributed by atoms with Crippen LogP contribution in [0.2, 0.25) is 5.02 Å². The normalized spacial score (nSPS) is 10.9. The molecule has 0 aliphatic heterocycles. The fourth-order valence-electron chi connectivity index (χ4n) is 2.76. The Morgan fingerprint density at radius 1 is 1.14 bits per heavy atom. The third kappa shape index (κ3) is 5.39. The van der Waals surface area contributed by atoms with Gasteiger partial charge in [-0.2, -0.15) is 0 Å². The zero-order chi connectivity index (χ0) is 20.6. The summed E-state index contributed by atoms with van der Waals surface area (Å²) in [6.45, 7) is 2.12. The number of nitrogens with one attached hydrogen (secondary N) is 1. The Balaban J connectivity index is 1.56. The predicted molar refractivity (Wildman–Crippen MR) is 115 cm³/mol. The number of rotatable bonds is 8. The van der Waals surface area contributed by atoms with Crippen molar-refractivity contribution in [3.63, 3.8) is 0 Å². The van der Waals surface area contributed by atoms with Gasteiger partial charge in [0.05, 0.1) is 25.0 Å². The molecule has 3 aromatic rings. The molecular formula is C22H21ClN2O4. The molecule has 0 aliphatic rings. The predicted octanol–water partition coefficient (Wildman–Crippen LogP) is 4.89. The van der Waals surface area contributed by atoms with Crippen LogP contribution in [0.3, 0.4) is 0 Å². The number of carbonyl (C=O) groups is 1. The van der Waals surface area contributed by atoms with Crippen molar-refractivity contribution in [2.45, 2.75) is 6.92 Å². The van der Waals surface area contributed by atoms with Gasteiger partial charge in [0.15, 0.2) is 18.1 Å². The van der Waals surface area contributed by atoms with Crippen molar-refractivity contribution in [1.82, 2.24) is 0 Å². The molecule has 1 N–H and O–H groups in total. The van der Waals surface area contributed by atoms with Gasteiger partial charge in [-0.1, -0.05) is 47.1 Å². The van der Waals surface area contributed by atoms with Gasteiger partial charge in [0.2, 0.25) is 0 Å². The van der Waals surface area contributed by atoms with Crippen LogP contribution in [0, 0.1) is 0 Å². The van der Waals surface area contributed by atoms with Crippen LogP contribution in [-0.4, -0.2) is 32.4 Å². The molecule has 0 radical (unpaired) electrons. The van der Waals surface area contributed by atoms with E-state index in [1.807, 2.05) is 49.4 Å². The summed E-state index contributed by atoms with van der Waals surface area (Å²) in [5, 5.41) is 9.17. The number of halogens is 1. The largest absolute Gasteiger partial charge is 0.493 e. The third-order valence-corrected chi connectivity index (χ3v) is 4.33. The van der Waals surface area contributed by atoms with Gasteiger partial charge < -0.3 is 19.6 Å². The topological polar surface area (TPSA) is 69.2 Å². The number of nitrogens with zero attached hydrogens (tertiary/aromatic N) is 1. The zero-order valence-corrected chi connectivity index (χ0v) is 16.9. The van der Waals surface area contributed by atoms with Crippen LogP contribution in [0.25, 0.3) is 10.8 Å². The molecule has 0 aliphatic carbocycles. The summed E-state index contributed by atoms with van der Waals surface area (Å²) in [7, 11) is 1.53. The summed E-state index contributed by atoms with van der Waals surface area (Å²) < 4.78 is 10.8. The highest BCUT2D eigenvalue weighted by atomic mass is 35.5. The quantitative estimate of drug-likeness (QED) is 0.422. The summed E-state index contributed by atoms with van der Waals surface area (Å²) in [5.41, 5.74) is 1.36. The fraction of sp³-hybridized carbons (Fsp3) is 0.182. The molecule has 150 valence electrons. The number of anilines is 1. The highest BCUT2D eigenvalue weighted by molar-refractivity contribution is 6.32. The van der Waals surface area contributed by atoms with Crippen molar-refractivity contribution in [1.29, 1.82) is 0 Å². The molecule has 29 heavy (non-hydrogen) atoms. The Morgan fingerprint density at radius 3 is 2.69 bits per heavy atom. The third-order valence-electron chi connectivity index (χ3n) is 4.05. The molecule has 0 bridgehead atoms. The maximum atomic E-state index is 12.1. The highest BCUT2D eigenvalue weighted by Gasteiger charge is 2.11. The Hall–Kier alpha value is -3.25. The van der Waals surface area contributed by atoms with Crippen molar-refractivity contribution >= 4 is 40.2 Å². The second-order valence-electron chi connectivity index (χ2n) is 6.09. The van der Waals surface area contributed by atoms with Gasteiger partial charge in [-0.3, -0.25) is 4.79 Å². The lowest BCUT2D eigenvalue weighted by molar-refractivity contribution is -0.120. The summed E-state index contributed by atoms with van der Waals surface area (Å²) in [4.78, 5) is 17.2. The number of fused-ring (bicyclic) bond motifs is 1. The molecule has 0 heterocycles. The van der Waals surface area contributed by atoms with E-state index in [0.29, 0.717) is 34.4 Å². The van der Waals surface area contributed by atoms with Crippen molar-refractivity contribution in [3.05, 3.63) is 65.2 Å². The summed E-state index contributed by atoms with van der Waals surface area (Å²) in [6.07, 6.45) is 1.45. The Bertz CT molecular complexity index is 1040. The summed E-state index contributed by atoms with van der Waals surface area (Å²) >= 11 is 6.22. The lowest BCUT2D eigenvalue weighted by atomic mass is 10.1. The van der Waals surface area contributed by atoms with Crippen molar-refractivity contribution < 1.29 is 19.1 Å². The molecule has 0 unspecified atom stereocenters. The molecule has 6 nitrogen and oxygen atoms in total. The Morgan fingerprint density at radius 2 is 1.93 bits per heavy atom. The first-order valence-electron chi connectivity index (χ1n) is 9.05. The number of benzene rings is 3. The number of hydrogen-bond donors (Lipinski definition) is 1. The van der Waals surface area contributed by atoms with Gasteiger partial charge in [-0.25, -0.2) is 0 Å². The minimum atomic E-state index is -0.306. The van der Waals surface area contributed by atoms with E-state index in [0.717, 1.165) is 10.8 Å². The SMILES string of the molecule is CCOc1c(Cl)cc(/C=N\OCC(=O)Nc2ccc3ccccc3c2)cc1OC. The van der Waals surface area contributed by atoms with E-state index in [1.54, 1.807) is 12.1 Å². The van der Waals surface area contributed by atoms with Crippen molar-refractivity contribution in [2.75, 3.05) is 25.6 Å². The van der Waals surface area contributed by atoms with Gasteiger partial charge in [-0.05, 0) is 42.0 Å². The minimum absolute atomic E-state index is 0.217. The number of ether oxygens (including phenoxy) is 2. The summed E-state index contributed by atoms with van der Waals surface area (Å²) in [6, 6.07) is 17.0. The maximum Gasteiger partial charge on any atom is 0.265 e. The molecule has 0 fully saturated rings. The number of carbonyl (C=O) groups excluding carboxylic acids is 1. The molecule has 0 aromatic heterocycles. The molecule has 7 heteroatoms. The molecular weight excluding hydrogens is 392 g/mol. The Kier molecular flexibility index (Phi) is 6.92. The van der Waals surface area contributed by atoms with Crippen LogP contribution in [0.4, 0.5) is 5.69 Å². The van der Waals surface area contributed by atoms with E-state index in [9.17, 15) is 4.79 Å². The fourth-order valence-corrected chi connectivity index (χ4v) is 3.03. The van der Waals surface area contributed by atoms with Crippen LogP contribution in [-0.2, 0) is 9.63 Å². The molecule has 0 saturated carbocycles. The second kappa shape index (κ2) is 9.80. The summed E-state index contributed by atoms with van der Waals surface area (Å²) in [5.74, 6) is 0.666. The van der Waals surface area contributed by atoms with Crippen molar-refractivity contribution in [2.24, 2.45) is 5.16 Å². The van der Waals surface area contributed by atoms with E-state index in [4.69, 9.17) is 25.9 Å². The van der Waals surface area contributed by atoms with Gasteiger partial charge in [0.1, 0.15) is 0 Å². The zero-order valence-electron chi connectivity index (χ0n) is 16.1. The standard InChI is InChI=1S/C22H21ClN2O4/c1-3-28-22-19(23)10-15(11-20(22)27-2)13-24-29-14-21(26)25-18-9-8-16-6-4-5-7-17(16)12-18/h4-13H,3,14H2,1-2H3,(H,25,26)/b24-13-. The number of methoxy groups -OCH3 is 1. The number of amides is 1.